The van der Waals surface area contributed by atoms with Crippen LogP contribution in [0.3, 0.4) is 0 Å². The summed E-state index contributed by atoms with van der Waals surface area (Å²) in [4.78, 5) is 14.9. The number of aryl methyl sites for hydroxylation is 1. The van der Waals surface area contributed by atoms with E-state index in [-0.39, 0.29) is 29.3 Å². The molecule has 0 saturated heterocycles. The second kappa shape index (κ2) is 7.41. The van der Waals surface area contributed by atoms with Gasteiger partial charge in [-0.2, -0.15) is 0 Å². The summed E-state index contributed by atoms with van der Waals surface area (Å²) in [5.41, 5.74) is 1.22. The van der Waals surface area contributed by atoms with Crippen LogP contribution in [0, 0.1) is 6.92 Å². The van der Waals surface area contributed by atoms with E-state index in [1.165, 1.54) is 19.2 Å². The number of methoxy groups -OCH3 is 1. The molecule has 7 nitrogen and oxygen atoms in total. The number of pyridine rings is 1. The Kier molecular flexibility index (Phi) is 5.53. The van der Waals surface area contributed by atoms with E-state index in [2.05, 4.69) is 9.71 Å². The molecule has 0 aliphatic rings. The van der Waals surface area contributed by atoms with Crippen LogP contribution in [0.2, 0.25) is 0 Å². The van der Waals surface area contributed by atoms with Crippen LogP contribution in [0.25, 0.3) is 0 Å². The first-order chi connectivity index (χ1) is 11.3. The lowest BCUT2D eigenvalue weighted by Gasteiger charge is -2.11. The summed E-state index contributed by atoms with van der Waals surface area (Å²) in [6.07, 6.45) is 0.272. The van der Waals surface area contributed by atoms with Gasteiger partial charge in [-0.25, -0.2) is 22.9 Å². The predicted octanol–water partition coefficient (Wildman–Crippen LogP) is 1.62. The van der Waals surface area contributed by atoms with Gasteiger partial charge in [0.25, 0.3) is 0 Å². The summed E-state index contributed by atoms with van der Waals surface area (Å²) in [5, 5.41) is 8.91. The van der Waals surface area contributed by atoms with Gasteiger partial charge in [-0.1, -0.05) is 12.1 Å². The van der Waals surface area contributed by atoms with Gasteiger partial charge in [0.15, 0.2) is 0 Å². The lowest BCUT2D eigenvalue weighted by molar-refractivity contribution is 0.0690. The molecule has 1 aromatic heterocycles. The number of hydrogen-bond donors (Lipinski definition) is 2. The second-order valence-electron chi connectivity index (χ2n) is 5.12. The Hall–Kier alpha value is -2.45. The maximum Gasteiger partial charge on any atom is 0.354 e. The van der Waals surface area contributed by atoms with Gasteiger partial charge < -0.3 is 9.84 Å². The van der Waals surface area contributed by atoms with Gasteiger partial charge in [-0.3, -0.25) is 0 Å². The van der Waals surface area contributed by atoms with Crippen molar-refractivity contribution in [1.82, 2.24) is 9.71 Å². The maximum atomic E-state index is 12.4. The number of nitrogens with zero attached hydrogens (tertiary/aromatic N) is 1. The summed E-state index contributed by atoms with van der Waals surface area (Å²) in [7, 11) is -2.33. The molecule has 8 heteroatoms. The van der Waals surface area contributed by atoms with Crippen molar-refractivity contribution < 1.29 is 23.1 Å². The first-order valence-electron chi connectivity index (χ1n) is 7.17. The van der Waals surface area contributed by atoms with Crippen molar-refractivity contribution in [3.8, 4) is 5.75 Å². The summed E-state index contributed by atoms with van der Waals surface area (Å²) < 4.78 is 32.4. The number of hydrogen-bond acceptors (Lipinski definition) is 5. The fraction of sp³-hybridized carbons (Fsp3) is 0.250. The van der Waals surface area contributed by atoms with E-state index in [9.17, 15) is 13.2 Å². The zero-order valence-corrected chi connectivity index (χ0v) is 14.1. The third kappa shape index (κ3) is 4.30. The molecule has 2 aromatic rings. The normalized spacial score (nSPS) is 11.2. The molecule has 1 aromatic carbocycles. The highest BCUT2D eigenvalue weighted by Crippen LogP contribution is 2.24. The number of aromatic carboxylic acids is 1. The van der Waals surface area contributed by atoms with E-state index in [1.807, 2.05) is 0 Å². The molecule has 1 heterocycles. The van der Waals surface area contributed by atoms with E-state index in [4.69, 9.17) is 9.84 Å². The second-order valence-corrected chi connectivity index (χ2v) is 6.86. The third-order valence-electron chi connectivity index (χ3n) is 3.31. The quantitative estimate of drug-likeness (QED) is 0.786. The SMILES string of the molecule is COc1ccc(C)cc1S(=O)(=O)NCCc1cccc(C(=O)O)n1. The Labute approximate surface area is 140 Å². The minimum Gasteiger partial charge on any atom is -0.495 e. The smallest absolute Gasteiger partial charge is 0.354 e. The van der Waals surface area contributed by atoms with E-state index < -0.39 is 16.0 Å². The van der Waals surface area contributed by atoms with Crippen LogP contribution in [0.1, 0.15) is 21.7 Å². The lowest BCUT2D eigenvalue weighted by Crippen LogP contribution is -2.26. The molecule has 0 amide bonds. The Balaban J connectivity index is 2.10. The molecule has 2 rings (SSSR count). The van der Waals surface area contributed by atoms with Crippen LogP contribution in [0.5, 0.6) is 5.75 Å². The third-order valence-corrected chi connectivity index (χ3v) is 4.79. The van der Waals surface area contributed by atoms with Gasteiger partial charge in [0.05, 0.1) is 7.11 Å². The average Bonchev–Trinajstić information content (AvgIpc) is 2.55. The number of rotatable bonds is 7. The standard InChI is InChI=1S/C16H18N2O5S/c1-11-6-7-14(23-2)15(10-11)24(21,22)17-9-8-12-4-3-5-13(18-12)16(19)20/h3-7,10,17H,8-9H2,1-2H3,(H,19,20). The van der Waals surface area contributed by atoms with Crippen molar-refractivity contribution in [2.45, 2.75) is 18.2 Å². The highest BCUT2D eigenvalue weighted by atomic mass is 32.2. The molecule has 24 heavy (non-hydrogen) atoms. The van der Waals surface area contributed by atoms with Crippen LogP contribution >= 0.6 is 0 Å². The minimum atomic E-state index is -3.74. The van der Waals surface area contributed by atoms with Crippen molar-refractivity contribution in [3.05, 3.63) is 53.3 Å². The van der Waals surface area contributed by atoms with Crippen molar-refractivity contribution in [2.24, 2.45) is 0 Å². The number of carboxylic acids is 1. The minimum absolute atomic E-state index is 0.0669. The molecule has 0 bridgehead atoms. The summed E-state index contributed by atoms with van der Waals surface area (Å²) >= 11 is 0. The zero-order chi connectivity index (χ0) is 17.7. The molecule has 0 radical (unpaired) electrons. The van der Waals surface area contributed by atoms with E-state index in [1.54, 1.807) is 31.2 Å². The molecular weight excluding hydrogens is 332 g/mol. The highest BCUT2D eigenvalue weighted by Gasteiger charge is 2.19. The van der Waals surface area contributed by atoms with E-state index in [0.717, 1.165) is 5.56 Å². The van der Waals surface area contributed by atoms with Crippen molar-refractivity contribution in [1.29, 1.82) is 0 Å². The summed E-state index contributed by atoms with van der Waals surface area (Å²) in [6.45, 7) is 1.88. The Bertz CT molecular complexity index is 849. The molecule has 0 fully saturated rings. The van der Waals surface area contributed by atoms with Crippen LogP contribution in [-0.4, -0.2) is 38.1 Å². The number of sulfonamides is 1. The largest absolute Gasteiger partial charge is 0.495 e. The molecule has 0 spiro atoms. The molecule has 0 unspecified atom stereocenters. The van der Waals surface area contributed by atoms with Gasteiger partial charge in [-0.05, 0) is 36.8 Å². The topological polar surface area (TPSA) is 106 Å². The molecule has 2 N–H and O–H groups in total. The van der Waals surface area contributed by atoms with Gasteiger partial charge in [0.1, 0.15) is 16.3 Å². The summed E-state index contributed by atoms with van der Waals surface area (Å²) in [6, 6.07) is 9.50. The van der Waals surface area contributed by atoms with Crippen LogP contribution in [0.4, 0.5) is 0 Å². The van der Waals surface area contributed by atoms with Gasteiger partial charge in [0, 0.05) is 18.7 Å². The first kappa shape index (κ1) is 17.9. The summed E-state index contributed by atoms with van der Waals surface area (Å²) in [5.74, 6) is -0.860. The number of carbonyl (C=O) groups is 1. The molecule has 0 atom stereocenters. The molecular formula is C16H18N2O5S. The Morgan fingerprint density at radius 2 is 2.04 bits per heavy atom. The van der Waals surface area contributed by atoms with E-state index >= 15 is 0 Å². The van der Waals surface area contributed by atoms with Gasteiger partial charge in [0.2, 0.25) is 10.0 Å². The van der Waals surface area contributed by atoms with Crippen molar-refractivity contribution >= 4 is 16.0 Å². The highest BCUT2D eigenvalue weighted by molar-refractivity contribution is 7.89. The lowest BCUT2D eigenvalue weighted by atomic mass is 10.2. The Morgan fingerprint density at radius 1 is 1.29 bits per heavy atom. The molecule has 128 valence electrons. The first-order valence-corrected chi connectivity index (χ1v) is 8.65. The zero-order valence-electron chi connectivity index (χ0n) is 13.3. The monoisotopic (exact) mass is 350 g/mol. The fourth-order valence-corrected chi connectivity index (χ4v) is 3.41. The number of nitrogens with one attached hydrogen (secondary N) is 1. The number of ether oxygens (including phenoxy) is 1. The van der Waals surface area contributed by atoms with Crippen molar-refractivity contribution in [3.63, 3.8) is 0 Å². The van der Waals surface area contributed by atoms with Crippen LogP contribution < -0.4 is 9.46 Å². The number of carboxylic acid groups (broad SMARTS) is 1. The Morgan fingerprint density at radius 3 is 2.71 bits per heavy atom. The molecule has 0 saturated carbocycles. The average molecular weight is 350 g/mol. The van der Waals surface area contributed by atoms with Crippen LogP contribution in [-0.2, 0) is 16.4 Å². The number of benzene rings is 1. The molecule has 0 aliphatic carbocycles. The fourth-order valence-electron chi connectivity index (χ4n) is 2.12. The molecule has 0 aliphatic heterocycles. The number of aromatic nitrogens is 1. The van der Waals surface area contributed by atoms with Crippen LogP contribution in [0.15, 0.2) is 41.3 Å². The van der Waals surface area contributed by atoms with Crippen molar-refractivity contribution in [2.75, 3.05) is 13.7 Å². The predicted molar refractivity (Wildman–Crippen MR) is 87.8 cm³/mol. The van der Waals surface area contributed by atoms with Gasteiger partial charge >= 0.3 is 5.97 Å². The maximum absolute atomic E-state index is 12.4. The van der Waals surface area contributed by atoms with E-state index in [0.29, 0.717) is 5.69 Å². The van der Waals surface area contributed by atoms with Gasteiger partial charge in [-0.15, -0.1) is 0 Å².